The molecule has 0 aromatic heterocycles. The fourth-order valence-corrected chi connectivity index (χ4v) is 0.750. The molecule has 0 N–H and O–H groups in total. The van der Waals surface area contributed by atoms with Gasteiger partial charge in [-0.2, -0.15) is 0 Å². The van der Waals surface area contributed by atoms with Crippen molar-refractivity contribution in [3.8, 4) is 0 Å². The van der Waals surface area contributed by atoms with Gasteiger partial charge >= 0.3 is 0 Å². The Bertz CT molecular complexity index is 50.3. The summed E-state index contributed by atoms with van der Waals surface area (Å²) in [5, 5.41) is 0. The molecule has 0 saturated heterocycles. The molecule has 2 unspecified atom stereocenters. The first-order chi connectivity index (χ1) is 3.66. The topological polar surface area (TPSA) is 0 Å². The quantitative estimate of drug-likeness (QED) is 0.532. The first kappa shape index (κ1) is 7.93. The number of rotatable bonds is 3. The molecule has 1 heteroatoms. The molecule has 0 aliphatic rings. The maximum atomic E-state index is 11.7. The van der Waals surface area contributed by atoms with Crippen LogP contribution in [0.5, 0.6) is 0 Å². The van der Waals surface area contributed by atoms with Crippen LogP contribution >= 0.6 is 0 Å². The Kier molecular flexibility index (Phi) is 3.84. The molecule has 0 fully saturated rings. The molecule has 0 aliphatic carbocycles. The lowest BCUT2D eigenvalue weighted by Crippen LogP contribution is -2.01. The Hall–Kier alpha value is -0.0700. The Morgan fingerprint density at radius 2 is 2.00 bits per heavy atom. The summed E-state index contributed by atoms with van der Waals surface area (Å²) < 4.78 is 11.7. The third-order valence-corrected chi connectivity index (χ3v) is 1.07. The van der Waals surface area contributed by atoms with Crippen LogP contribution in [-0.2, 0) is 0 Å². The molecule has 0 spiro atoms. The second kappa shape index (κ2) is 3.88. The maximum absolute atomic E-state index is 11.7. The van der Waals surface area contributed by atoms with Gasteiger partial charge in [0.2, 0.25) is 0 Å². The fourth-order valence-electron chi connectivity index (χ4n) is 0.750. The molecule has 0 rings (SSSR count). The van der Waals surface area contributed by atoms with E-state index in [1.54, 1.807) is 0 Å². The molecule has 1 radical (unpaired) electrons. The SMILES string of the molecule is [CH2]C(C)CC(C)CF. The summed E-state index contributed by atoms with van der Waals surface area (Å²) in [7, 11) is 0. The van der Waals surface area contributed by atoms with E-state index in [0.717, 1.165) is 6.42 Å². The molecule has 0 saturated carbocycles. The van der Waals surface area contributed by atoms with Gasteiger partial charge in [-0.1, -0.05) is 20.8 Å². The highest BCUT2D eigenvalue weighted by atomic mass is 19.1. The number of halogens is 1. The zero-order chi connectivity index (χ0) is 6.57. The zero-order valence-corrected chi connectivity index (χ0v) is 5.65. The lowest BCUT2D eigenvalue weighted by atomic mass is 10.0. The van der Waals surface area contributed by atoms with Gasteiger partial charge in [-0.05, 0) is 18.3 Å². The molecule has 0 aliphatic heterocycles. The van der Waals surface area contributed by atoms with Crippen molar-refractivity contribution in [3.05, 3.63) is 6.92 Å². The van der Waals surface area contributed by atoms with Crippen LogP contribution in [-0.4, -0.2) is 6.67 Å². The summed E-state index contributed by atoms with van der Waals surface area (Å²) >= 11 is 0. The van der Waals surface area contributed by atoms with Crippen LogP contribution in [0.2, 0.25) is 0 Å². The van der Waals surface area contributed by atoms with E-state index in [2.05, 4.69) is 6.92 Å². The standard InChI is InChI=1S/C7H14F/c1-6(2)4-7(3)5-8/h6-7H,1,4-5H2,2-3H3. The van der Waals surface area contributed by atoms with Gasteiger partial charge in [-0.25, -0.2) is 0 Å². The predicted octanol–water partition coefficient (Wildman–Crippen LogP) is 2.45. The maximum Gasteiger partial charge on any atom is 0.0920 e. The van der Waals surface area contributed by atoms with E-state index < -0.39 is 0 Å². The molecule has 0 aromatic rings. The molecule has 49 valence electrons. The second-order valence-electron chi connectivity index (χ2n) is 2.60. The molecule has 0 heterocycles. The third kappa shape index (κ3) is 4.10. The highest BCUT2D eigenvalue weighted by Gasteiger charge is 2.02. The van der Waals surface area contributed by atoms with E-state index in [1.807, 2.05) is 13.8 Å². The molecule has 0 amide bonds. The highest BCUT2D eigenvalue weighted by Crippen LogP contribution is 2.09. The van der Waals surface area contributed by atoms with E-state index in [9.17, 15) is 4.39 Å². The van der Waals surface area contributed by atoms with Crippen molar-refractivity contribution in [3.63, 3.8) is 0 Å². The largest absolute Gasteiger partial charge is 0.251 e. The fraction of sp³-hybridized carbons (Fsp3) is 0.857. The molecule has 0 nitrogen and oxygen atoms in total. The Labute approximate surface area is 51.1 Å². The minimum atomic E-state index is -0.208. The van der Waals surface area contributed by atoms with Crippen molar-refractivity contribution in [1.82, 2.24) is 0 Å². The van der Waals surface area contributed by atoms with Crippen LogP contribution in [0.15, 0.2) is 0 Å². The summed E-state index contributed by atoms with van der Waals surface area (Å²) in [6, 6.07) is 0. The highest BCUT2D eigenvalue weighted by molar-refractivity contribution is 4.58. The average Bonchev–Trinajstić information content (AvgIpc) is 1.65. The van der Waals surface area contributed by atoms with Crippen molar-refractivity contribution in [2.75, 3.05) is 6.67 Å². The summed E-state index contributed by atoms with van der Waals surface area (Å²) in [6.07, 6.45) is 0.899. The van der Waals surface area contributed by atoms with Crippen LogP contribution in [0.25, 0.3) is 0 Å². The van der Waals surface area contributed by atoms with Gasteiger partial charge < -0.3 is 0 Å². The molecular formula is C7H14F. The lowest BCUT2D eigenvalue weighted by molar-refractivity contribution is 0.343. The lowest BCUT2D eigenvalue weighted by Gasteiger charge is -2.07. The number of alkyl halides is 1. The predicted molar refractivity (Wildman–Crippen MR) is 34.3 cm³/mol. The summed E-state index contributed by atoms with van der Waals surface area (Å²) in [5.74, 6) is 0.586. The summed E-state index contributed by atoms with van der Waals surface area (Å²) in [5.41, 5.74) is 0. The van der Waals surface area contributed by atoms with Gasteiger partial charge in [0.05, 0.1) is 6.67 Å². The third-order valence-electron chi connectivity index (χ3n) is 1.07. The average molecular weight is 117 g/mol. The van der Waals surface area contributed by atoms with Gasteiger partial charge in [0, 0.05) is 0 Å². The van der Waals surface area contributed by atoms with Crippen molar-refractivity contribution in [1.29, 1.82) is 0 Å². The Morgan fingerprint density at radius 1 is 1.50 bits per heavy atom. The monoisotopic (exact) mass is 117 g/mol. The van der Waals surface area contributed by atoms with Crippen LogP contribution in [0.4, 0.5) is 4.39 Å². The van der Waals surface area contributed by atoms with E-state index in [-0.39, 0.29) is 12.6 Å². The molecule has 2 atom stereocenters. The van der Waals surface area contributed by atoms with Crippen LogP contribution in [0, 0.1) is 18.8 Å². The molecule has 0 bridgehead atoms. The first-order valence-corrected chi connectivity index (χ1v) is 3.05. The number of hydrogen-bond donors (Lipinski definition) is 0. The Balaban J connectivity index is 3.10. The normalized spacial score (nSPS) is 14.6. The van der Waals surface area contributed by atoms with Crippen molar-refractivity contribution in [2.24, 2.45) is 11.8 Å². The summed E-state index contributed by atoms with van der Waals surface area (Å²) in [6.45, 7) is 7.46. The zero-order valence-electron chi connectivity index (χ0n) is 5.65. The number of hydrogen-bond acceptors (Lipinski definition) is 0. The molecule has 0 aromatic carbocycles. The van der Waals surface area contributed by atoms with Crippen molar-refractivity contribution >= 4 is 0 Å². The smallest absolute Gasteiger partial charge is 0.0920 e. The van der Waals surface area contributed by atoms with Gasteiger partial charge in [-0.3, -0.25) is 4.39 Å². The van der Waals surface area contributed by atoms with Crippen LogP contribution in [0.1, 0.15) is 20.3 Å². The van der Waals surface area contributed by atoms with E-state index in [0.29, 0.717) is 5.92 Å². The first-order valence-electron chi connectivity index (χ1n) is 3.05. The van der Waals surface area contributed by atoms with Crippen molar-refractivity contribution < 1.29 is 4.39 Å². The van der Waals surface area contributed by atoms with E-state index in [4.69, 9.17) is 0 Å². The minimum Gasteiger partial charge on any atom is -0.251 e. The Morgan fingerprint density at radius 3 is 2.12 bits per heavy atom. The van der Waals surface area contributed by atoms with Gasteiger partial charge in [-0.15, -0.1) is 0 Å². The van der Waals surface area contributed by atoms with Gasteiger partial charge in [0.15, 0.2) is 0 Å². The van der Waals surface area contributed by atoms with Crippen LogP contribution in [0.3, 0.4) is 0 Å². The van der Waals surface area contributed by atoms with Gasteiger partial charge in [0.25, 0.3) is 0 Å². The molecule has 8 heavy (non-hydrogen) atoms. The minimum absolute atomic E-state index is 0.197. The molecular weight excluding hydrogens is 103 g/mol. The van der Waals surface area contributed by atoms with Crippen LogP contribution < -0.4 is 0 Å². The second-order valence-corrected chi connectivity index (χ2v) is 2.60. The van der Waals surface area contributed by atoms with Crippen molar-refractivity contribution in [2.45, 2.75) is 20.3 Å². The summed E-state index contributed by atoms with van der Waals surface area (Å²) in [4.78, 5) is 0. The van der Waals surface area contributed by atoms with E-state index in [1.165, 1.54) is 0 Å². The van der Waals surface area contributed by atoms with Gasteiger partial charge in [0.1, 0.15) is 0 Å². The van der Waals surface area contributed by atoms with E-state index >= 15 is 0 Å².